The zero-order chi connectivity index (χ0) is 26.7. The van der Waals surface area contributed by atoms with Gasteiger partial charge in [0, 0.05) is 13.0 Å². The molecule has 10 heteroatoms. The lowest BCUT2D eigenvalue weighted by atomic mass is 9.96. The van der Waals surface area contributed by atoms with Gasteiger partial charge < -0.3 is 32.1 Å². The highest BCUT2D eigenvalue weighted by Crippen LogP contribution is 2.21. The Hall–Kier alpha value is -2.98. The van der Waals surface area contributed by atoms with Gasteiger partial charge >= 0.3 is 5.97 Å². The summed E-state index contributed by atoms with van der Waals surface area (Å²) in [4.78, 5) is 52.6. The monoisotopic (exact) mass is 503 g/mol. The van der Waals surface area contributed by atoms with Gasteiger partial charge in [0.1, 0.15) is 18.1 Å². The van der Waals surface area contributed by atoms with Crippen molar-refractivity contribution in [2.75, 3.05) is 13.1 Å². The van der Waals surface area contributed by atoms with Crippen molar-refractivity contribution in [1.82, 2.24) is 15.5 Å². The number of hydrogen-bond donors (Lipinski definition) is 5. The number of nitrogens with one attached hydrogen (secondary N) is 2. The predicted molar refractivity (Wildman–Crippen MR) is 137 cm³/mol. The van der Waals surface area contributed by atoms with Gasteiger partial charge in [-0.15, -0.1) is 0 Å². The number of carbonyl (C=O) groups excluding carboxylic acids is 3. The molecule has 0 bridgehead atoms. The summed E-state index contributed by atoms with van der Waals surface area (Å²) in [7, 11) is 0. The van der Waals surface area contributed by atoms with Gasteiger partial charge in [-0.25, -0.2) is 4.79 Å². The van der Waals surface area contributed by atoms with Gasteiger partial charge in [-0.1, -0.05) is 57.0 Å². The molecule has 1 aromatic carbocycles. The number of rotatable bonds is 14. The average molecular weight is 504 g/mol. The predicted octanol–water partition coefficient (Wildman–Crippen LogP) is 0.777. The average Bonchev–Trinajstić information content (AvgIpc) is 3.37. The standard InChI is InChI=1S/C26H41N5O5/c1-3-17(2)22(25(34)31-15-9-13-21(31)26(35)36)30-24(33)20(16-18-10-5-4-6-11-18)29-23(32)19(28)12-7-8-14-27/h4-6,10-11,17,19-22H,3,7-9,12-16,27-28H2,1-2H3,(H,29,32)(H,30,33)(H,35,36). The van der Waals surface area contributed by atoms with E-state index in [2.05, 4.69) is 10.6 Å². The van der Waals surface area contributed by atoms with Gasteiger partial charge in [-0.05, 0) is 43.7 Å². The van der Waals surface area contributed by atoms with E-state index in [-0.39, 0.29) is 12.3 Å². The number of carboxylic acid groups (broad SMARTS) is 1. The van der Waals surface area contributed by atoms with Crippen molar-refractivity contribution in [2.45, 2.75) is 83.0 Å². The van der Waals surface area contributed by atoms with E-state index < -0.39 is 47.9 Å². The molecule has 2 rings (SSSR count). The summed E-state index contributed by atoms with van der Waals surface area (Å²) in [6.07, 6.45) is 3.70. The fourth-order valence-corrected chi connectivity index (χ4v) is 4.38. The van der Waals surface area contributed by atoms with Crippen molar-refractivity contribution in [2.24, 2.45) is 17.4 Å². The highest BCUT2D eigenvalue weighted by Gasteiger charge is 2.40. The van der Waals surface area contributed by atoms with Crippen molar-refractivity contribution < 1.29 is 24.3 Å². The van der Waals surface area contributed by atoms with Crippen LogP contribution in [-0.2, 0) is 25.6 Å². The van der Waals surface area contributed by atoms with E-state index in [4.69, 9.17) is 11.5 Å². The van der Waals surface area contributed by atoms with E-state index in [1.54, 1.807) is 0 Å². The molecule has 5 atom stereocenters. The van der Waals surface area contributed by atoms with Crippen molar-refractivity contribution >= 4 is 23.7 Å². The maximum absolute atomic E-state index is 13.5. The van der Waals surface area contributed by atoms with Crippen LogP contribution < -0.4 is 22.1 Å². The number of benzene rings is 1. The minimum atomic E-state index is -1.05. The van der Waals surface area contributed by atoms with Crippen LogP contribution in [0.4, 0.5) is 0 Å². The van der Waals surface area contributed by atoms with Gasteiger partial charge in [-0.3, -0.25) is 14.4 Å². The van der Waals surface area contributed by atoms with E-state index in [9.17, 15) is 24.3 Å². The number of unbranched alkanes of at least 4 members (excludes halogenated alkanes) is 1. The number of hydrogen-bond acceptors (Lipinski definition) is 6. The molecule has 0 aromatic heterocycles. The first kappa shape index (κ1) is 29.3. The summed E-state index contributed by atoms with van der Waals surface area (Å²) >= 11 is 0. The molecule has 0 saturated carbocycles. The molecule has 0 aliphatic carbocycles. The normalized spacial score (nSPS) is 18.7. The minimum absolute atomic E-state index is 0.219. The Labute approximate surface area is 213 Å². The zero-order valence-electron chi connectivity index (χ0n) is 21.3. The lowest BCUT2D eigenvalue weighted by molar-refractivity contribution is -0.150. The third-order valence-corrected chi connectivity index (χ3v) is 6.82. The topological polar surface area (TPSA) is 168 Å². The number of nitrogens with zero attached hydrogens (tertiary/aromatic N) is 1. The van der Waals surface area contributed by atoms with E-state index in [0.717, 1.165) is 12.0 Å². The van der Waals surface area contributed by atoms with E-state index >= 15 is 0 Å². The summed E-state index contributed by atoms with van der Waals surface area (Å²) in [5.41, 5.74) is 12.4. The second kappa shape index (κ2) is 14.5. The molecule has 1 aromatic rings. The molecule has 1 aliphatic heterocycles. The first-order valence-corrected chi connectivity index (χ1v) is 12.8. The molecule has 3 amide bonds. The first-order chi connectivity index (χ1) is 17.2. The van der Waals surface area contributed by atoms with Gasteiger partial charge in [-0.2, -0.15) is 0 Å². The van der Waals surface area contributed by atoms with Gasteiger partial charge in [0.25, 0.3) is 0 Å². The van der Waals surface area contributed by atoms with Crippen LogP contribution in [0.25, 0.3) is 0 Å². The van der Waals surface area contributed by atoms with Crippen LogP contribution in [0.2, 0.25) is 0 Å². The summed E-state index contributed by atoms with van der Waals surface area (Å²) in [5, 5.41) is 15.1. The van der Waals surface area contributed by atoms with Crippen LogP contribution >= 0.6 is 0 Å². The molecular weight excluding hydrogens is 462 g/mol. The minimum Gasteiger partial charge on any atom is -0.480 e. The van der Waals surface area contributed by atoms with Crippen molar-refractivity contribution in [3.05, 3.63) is 35.9 Å². The van der Waals surface area contributed by atoms with Crippen LogP contribution in [0.5, 0.6) is 0 Å². The molecule has 200 valence electrons. The zero-order valence-corrected chi connectivity index (χ0v) is 21.3. The van der Waals surface area contributed by atoms with Gasteiger partial charge in [0.05, 0.1) is 6.04 Å². The van der Waals surface area contributed by atoms with Crippen LogP contribution in [0, 0.1) is 5.92 Å². The fourth-order valence-electron chi connectivity index (χ4n) is 4.38. The van der Waals surface area contributed by atoms with Crippen LogP contribution in [0.1, 0.15) is 57.9 Å². The lowest BCUT2D eigenvalue weighted by Crippen LogP contribution is -2.59. The Morgan fingerprint density at radius 2 is 1.81 bits per heavy atom. The molecule has 0 radical (unpaired) electrons. The van der Waals surface area contributed by atoms with Crippen LogP contribution in [-0.4, -0.2) is 71.0 Å². The van der Waals surface area contributed by atoms with Crippen molar-refractivity contribution in [3.8, 4) is 0 Å². The Morgan fingerprint density at radius 1 is 1.11 bits per heavy atom. The molecular formula is C26H41N5O5. The summed E-state index contributed by atoms with van der Waals surface area (Å²) in [6.45, 7) is 4.59. The molecule has 5 unspecified atom stereocenters. The van der Waals surface area contributed by atoms with Gasteiger partial charge in [0.15, 0.2) is 0 Å². The third-order valence-electron chi connectivity index (χ3n) is 6.82. The largest absolute Gasteiger partial charge is 0.480 e. The molecule has 7 N–H and O–H groups in total. The fraction of sp³-hybridized carbons (Fsp3) is 0.615. The number of amides is 3. The first-order valence-electron chi connectivity index (χ1n) is 12.8. The molecule has 1 fully saturated rings. The Balaban J connectivity index is 2.21. The molecule has 1 saturated heterocycles. The maximum atomic E-state index is 13.5. The Morgan fingerprint density at radius 3 is 2.42 bits per heavy atom. The lowest BCUT2D eigenvalue weighted by Gasteiger charge is -2.31. The van der Waals surface area contributed by atoms with Crippen LogP contribution in [0.3, 0.4) is 0 Å². The quantitative estimate of drug-likeness (QED) is 0.234. The van der Waals surface area contributed by atoms with Crippen molar-refractivity contribution in [1.29, 1.82) is 0 Å². The van der Waals surface area contributed by atoms with Crippen LogP contribution in [0.15, 0.2) is 30.3 Å². The molecule has 1 aliphatic rings. The molecule has 1 heterocycles. The van der Waals surface area contributed by atoms with E-state index in [0.29, 0.717) is 45.2 Å². The SMILES string of the molecule is CCC(C)C(NC(=O)C(Cc1ccccc1)NC(=O)C(N)CCCCN)C(=O)N1CCCC1C(=O)O. The summed E-state index contributed by atoms with van der Waals surface area (Å²) < 4.78 is 0. The maximum Gasteiger partial charge on any atom is 0.326 e. The second-order valence-electron chi connectivity index (χ2n) is 9.54. The Bertz CT molecular complexity index is 881. The number of nitrogens with two attached hydrogens (primary N) is 2. The molecule has 36 heavy (non-hydrogen) atoms. The van der Waals surface area contributed by atoms with E-state index in [1.165, 1.54) is 4.90 Å². The van der Waals surface area contributed by atoms with Crippen molar-refractivity contribution in [3.63, 3.8) is 0 Å². The Kier molecular flexibility index (Phi) is 11.8. The highest BCUT2D eigenvalue weighted by atomic mass is 16.4. The number of carboxylic acids is 1. The van der Waals surface area contributed by atoms with Gasteiger partial charge in [0.2, 0.25) is 17.7 Å². The number of aliphatic carboxylic acids is 1. The summed E-state index contributed by atoms with van der Waals surface area (Å²) in [5.74, 6) is -2.65. The third kappa shape index (κ3) is 8.30. The molecule has 0 spiro atoms. The smallest absolute Gasteiger partial charge is 0.326 e. The summed E-state index contributed by atoms with van der Waals surface area (Å²) in [6, 6.07) is 5.72. The second-order valence-corrected chi connectivity index (χ2v) is 9.54. The number of likely N-dealkylation sites (tertiary alicyclic amines) is 1. The highest BCUT2D eigenvalue weighted by molar-refractivity contribution is 5.94. The number of carbonyl (C=O) groups is 4. The molecule has 10 nitrogen and oxygen atoms in total. The van der Waals surface area contributed by atoms with E-state index in [1.807, 2.05) is 44.2 Å².